The van der Waals surface area contributed by atoms with Gasteiger partial charge in [-0.1, -0.05) is 13.0 Å². The number of phenolic OH excluding ortho intramolecular Hbond substituents is 1. The maximum absolute atomic E-state index is 13.6. The van der Waals surface area contributed by atoms with Gasteiger partial charge in [-0.2, -0.15) is 0 Å². The predicted octanol–water partition coefficient (Wildman–Crippen LogP) is -0.0693. The summed E-state index contributed by atoms with van der Waals surface area (Å²) in [4.78, 5) is 49.5. The molecule has 0 bridgehead atoms. The van der Waals surface area contributed by atoms with Crippen molar-refractivity contribution in [3.8, 4) is 5.75 Å². The molecule has 1 amide bonds. The summed E-state index contributed by atoms with van der Waals surface area (Å²) in [6.45, 7) is 3.11. The maximum atomic E-state index is 13.6. The van der Waals surface area contributed by atoms with Crippen LogP contribution in [0.1, 0.15) is 37.3 Å². The van der Waals surface area contributed by atoms with E-state index in [4.69, 9.17) is 10.5 Å². The Bertz CT molecular complexity index is 1270. The Morgan fingerprint density at radius 2 is 1.89 bits per heavy atom. The minimum absolute atomic E-state index is 0.0435. The SMILES string of the molecule is CCOC(=O)CNc1ccc2c(c1O)C(O)=C1C(=O)[C@]3(O)C(O)=C(C(N)=O)C(=O)C[C@@H]3[C@@H](O)[C@@H]1[C@H]2C. The number of ether oxygens (including phenoxy) is 1. The van der Waals surface area contributed by atoms with Crippen molar-refractivity contribution in [2.24, 2.45) is 17.6 Å². The Labute approximate surface area is 204 Å². The Kier molecular flexibility index (Phi) is 6.05. The monoisotopic (exact) mass is 502 g/mol. The minimum Gasteiger partial charge on any atom is -0.508 e. The summed E-state index contributed by atoms with van der Waals surface area (Å²) in [5.74, 6) is -9.97. The third-order valence-corrected chi connectivity index (χ3v) is 7.23. The highest BCUT2D eigenvalue weighted by molar-refractivity contribution is 6.23. The molecule has 12 heteroatoms. The van der Waals surface area contributed by atoms with Gasteiger partial charge in [0.25, 0.3) is 5.91 Å². The fourth-order valence-corrected chi connectivity index (χ4v) is 5.52. The van der Waals surface area contributed by atoms with E-state index in [9.17, 15) is 44.7 Å². The number of benzene rings is 1. The summed E-state index contributed by atoms with van der Waals surface area (Å²) in [5, 5.41) is 57.8. The van der Waals surface area contributed by atoms with Gasteiger partial charge in [0, 0.05) is 23.8 Å². The molecule has 3 aliphatic rings. The van der Waals surface area contributed by atoms with Crippen LogP contribution in [0.4, 0.5) is 5.69 Å². The molecule has 0 aromatic heterocycles. The van der Waals surface area contributed by atoms with Gasteiger partial charge in [0.05, 0.1) is 24.0 Å². The smallest absolute Gasteiger partial charge is 0.325 e. The highest BCUT2D eigenvalue weighted by Crippen LogP contribution is 2.56. The molecular weight excluding hydrogens is 476 g/mol. The largest absolute Gasteiger partial charge is 0.508 e. The number of rotatable bonds is 5. The van der Waals surface area contributed by atoms with E-state index in [1.807, 2.05) is 0 Å². The van der Waals surface area contributed by atoms with Gasteiger partial charge in [0.2, 0.25) is 5.78 Å². The third-order valence-electron chi connectivity index (χ3n) is 7.23. The van der Waals surface area contributed by atoms with Crippen LogP contribution in [0.25, 0.3) is 5.76 Å². The van der Waals surface area contributed by atoms with E-state index in [1.54, 1.807) is 13.8 Å². The van der Waals surface area contributed by atoms with E-state index in [-0.39, 0.29) is 24.4 Å². The number of aliphatic hydroxyl groups is 4. The summed E-state index contributed by atoms with van der Waals surface area (Å²) in [6.07, 6.45) is -2.24. The zero-order valence-electron chi connectivity index (χ0n) is 19.4. The lowest BCUT2D eigenvalue weighted by Crippen LogP contribution is -2.63. The molecule has 1 aromatic rings. The first kappa shape index (κ1) is 25.2. The molecule has 0 aliphatic heterocycles. The predicted molar refractivity (Wildman–Crippen MR) is 123 cm³/mol. The van der Waals surface area contributed by atoms with Gasteiger partial charge in [0.15, 0.2) is 11.4 Å². The Morgan fingerprint density at radius 3 is 2.50 bits per heavy atom. The number of hydrogen-bond acceptors (Lipinski definition) is 11. The molecule has 36 heavy (non-hydrogen) atoms. The number of hydrogen-bond donors (Lipinski definition) is 7. The minimum atomic E-state index is -2.90. The summed E-state index contributed by atoms with van der Waals surface area (Å²) in [6, 6.07) is 2.99. The number of fused-ring (bicyclic) bond motifs is 3. The number of amides is 1. The summed E-state index contributed by atoms with van der Waals surface area (Å²) in [7, 11) is 0. The second kappa shape index (κ2) is 8.64. The average molecular weight is 502 g/mol. The number of phenols is 1. The van der Waals surface area contributed by atoms with E-state index < -0.39 is 87.7 Å². The fourth-order valence-electron chi connectivity index (χ4n) is 5.52. The number of aliphatic hydroxyl groups excluding tert-OH is 3. The lowest BCUT2D eigenvalue weighted by atomic mass is 9.55. The van der Waals surface area contributed by atoms with Gasteiger partial charge < -0.3 is 41.3 Å². The number of esters is 1. The quantitative estimate of drug-likeness (QED) is 0.161. The lowest BCUT2D eigenvalue weighted by Gasteiger charge is -2.50. The molecule has 3 aliphatic carbocycles. The van der Waals surface area contributed by atoms with Crippen LogP contribution in [0.2, 0.25) is 0 Å². The Hall–Kier alpha value is -3.90. The van der Waals surface area contributed by atoms with Crippen molar-refractivity contribution in [2.75, 3.05) is 18.5 Å². The lowest BCUT2D eigenvalue weighted by molar-refractivity contribution is -0.160. The maximum Gasteiger partial charge on any atom is 0.325 e. The molecule has 0 unspecified atom stereocenters. The van der Waals surface area contributed by atoms with E-state index in [0.29, 0.717) is 5.56 Å². The number of nitrogens with one attached hydrogen (secondary N) is 1. The van der Waals surface area contributed by atoms with Gasteiger partial charge in [0.1, 0.15) is 29.4 Å². The van der Waals surface area contributed by atoms with Gasteiger partial charge in [-0.25, -0.2) is 0 Å². The van der Waals surface area contributed by atoms with Crippen LogP contribution in [-0.4, -0.2) is 73.8 Å². The van der Waals surface area contributed by atoms with Crippen molar-refractivity contribution in [2.45, 2.75) is 37.9 Å². The number of aromatic hydroxyl groups is 1. The highest BCUT2D eigenvalue weighted by atomic mass is 16.5. The number of ketones is 2. The van der Waals surface area contributed by atoms with Crippen molar-refractivity contribution in [1.29, 1.82) is 0 Å². The van der Waals surface area contributed by atoms with Gasteiger partial charge in [-0.3, -0.25) is 19.2 Å². The molecule has 1 fully saturated rings. The first-order valence-corrected chi connectivity index (χ1v) is 11.3. The first-order chi connectivity index (χ1) is 16.9. The van der Waals surface area contributed by atoms with Crippen molar-refractivity contribution >= 4 is 34.9 Å². The number of primary amides is 1. The van der Waals surface area contributed by atoms with E-state index in [1.165, 1.54) is 12.1 Å². The zero-order valence-corrected chi connectivity index (χ0v) is 19.4. The molecule has 12 nitrogen and oxygen atoms in total. The van der Waals surface area contributed by atoms with Crippen LogP contribution < -0.4 is 11.1 Å². The molecule has 0 heterocycles. The van der Waals surface area contributed by atoms with Gasteiger partial charge in [-0.15, -0.1) is 0 Å². The molecule has 1 saturated carbocycles. The normalized spacial score (nSPS) is 29.3. The Balaban J connectivity index is 1.87. The average Bonchev–Trinajstić information content (AvgIpc) is 2.81. The Morgan fingerprint density at radius 1 is 1.22 bits per heavy atom. The van der Waals surface area contributed by atoms with E-state index in [0.717, 1.165) is 0 Å². The molecule has 0 saturated heterocycles. The molecule has 4 rings (SSSR count). The number of nitrogens with two attached hydrogens (primary N) is 1. The second-order valence-corrected chi connectivity index (χ2v) is 9.07. The highest BCUT2D eigenvalue weighted by Gasteiger charge is 2.64. The number of Topliss-reactive ketones (excluding diaryl/α,β-unsaturated/α-hetero) is 2. The van der Waals surface area contributed by atoms with E-state index >= 15 is 0 Å². The topological polar surface area (TPSA) is 217 Å². The number of carbonyl (C=O) groups excluding carboxylic acids is 4. The summed E-state index contributed by atoms with van der Waals surface area (Å²) >= 11 is 0. The first-order valence-electron chi connectivity index (χ1n) is 11.3. The molecule has 5 atom stereocenters. The third kappa shape index (κ3) is 3.36. The molecule has 0 radical (unpaired) electrons. The van der Waals surface area contributed by atoms with Crippen molar-refractivity contribution < 1.29 is 49.4 Å². The summed E-state index contributed by atoms with van der Waals surface area (Å²) < 4.78 is 4.83. The second-order valence-electron chi connectivity index (χ2n) is 9.07. The molecular formula is C24H26N2O10. The van der Waals surface area contributed by atoms with E-state index in [2.05, 4.69) is 5.32 Å². The summed E-state index contributed by atoms with van der Waals surface area (Å²) in [5.41, 5.74) is 1.06. The standard InChI is InChI=1S/C24H26N2O10/c1-3-36-13(28)7-26-11-5-4-9-8(2)14-17(20(31)15(9)19(11)30)22(33)24(35)10(18(14)29)6-12(27)16(21(24)32)23(25)34/h4-5,8,10,14,18,26,29-32,35H,3,6-7H2,1-2H3,(H2,25,34)/t8-,10+,14+,18+,24+/m0/s1. The molecule has 0 spiro atoms. The van der Waals surface area contributed by atoms with Crippen LogP contribution >= 0.6 is 0 Å². The van der Waals surface area contributed by atoms with Gasteiger partial charge >= 0.3 is 5.97 Å². The molecule has 1 aromatic carbocycles. The molecule has 8 N–H and O–H groups in total. The van der Waals surface area contributed by atoms with Crippen LogP contribution in [0.15, 0.2) is 29.0 Å². The number of carbonyl (C=O) groups is 4. The van der Waals surface area contributed by atoms with Crippen LogP contribution in [0, 0.1) is 11.8 Å². The molecule has 192 valence electrons. The van der Waals surface area contributed by atoms with Gasteiger partial charge in [-0.05, 0) is 24.5 Å². The number of anilines is 1. The van der Waals surface area contributed by atoms with Crippen molar-refractivity contribution in [1.82, 2.24) is 0 Å². The zero-order chi connectivity index (χ0) is 26.7. The van der Waals surface area contributed by atoms with Crippen LogP contribution in [-0.2, 0) is 23.9 Å². The fraction of sp³-hybridized carbons (Fsp3) is 0.417. The van der Waals surface area contributed by atoms with Crippen LogP contribution in [0.3, 0.4) is 0 Å². The van der Waals surface area contributed by atoms with Crippen molar-refractivity contribution in [3.63, 3.8) is 0 Å². The van der Waals surface area contributed by atoms with Crippen LogP contribution in [0.5, 0.6) is 5.75 Å². The van der Waals surface area contributed by atoms with Crippen molar-refractivity contribution in [3.05, 3.63) is 40.2 Å².